The molecule has 0 aliphatic rings. The van der Waals surface area contributed by atoms with Crippen LogP contribution in [0.1, 0.15) is 0 Å². The van der Waals surface area contributed by atoms with Gasteiger partial charge in [-0.25, -0.2) is 4.79 Å². The van der Waals surface area contributed by atoms with Gasteiger partial charge in [-0.15, -0.1) is 11.3 Å². The van der Waals surface area contributed by atoms with Crippen molar-refractivity contribution in [2.24, 2.45) is 0 Å². The summed E-state index contributed by atoms with van der Waals surface area (Å²) in [7, 11) is 0. The predicted molar refractivity (Wildman–Crippen MR) is 65.8 cm³/mol. The second-order valence-electron chi connectivity index (χ2n) is 3.48. The minimum absolute atomic E-state index is 0.309. The van der Waals surface area contributed by atoms with Crippen molar-refractivity contribution in [1.29, 1.82) is 0 Å². The molecule has 3 heteroatoms. The Hall–Kier alpha value is -1.87. The smallest absolute Gasteiger partial charge is 0.336 e. The standard InChI is InChI=1S/C13H8O2S/c14-13-6-4-9-8-10(3-5-11(9)15-13)12-2-1-7-16-12/h1-8H. The van der Waals surface area contributed by atoms with Crippen LogP contribution in [-0.2, 0) is 0 Å². The van der Waals surface area contributed by atoms with Gasteiger partial charge in [-0.3, -0.25) is 0 Å². The summed E-state index contributed by atoms with van der Waals surface area (Å²) in [6.07, 6.45) is 0. The highest BCUT2D eigenvalue weighted by atomic mass is 32.1. The number of hydrogen-bond acceptors (Lipinski definition) is 3. The monoisotopic (exact) mass is 228 g/mol. The van der Waals surface area contributed by atoms with Crippen LogP contribution in [0.5, 0.6) is 0 Å². The highest BCUT2D eigenvalue weighted by molar-refractivity contribution is 7.13. The number of thiophene rings is 1. The van der Waals surface area contributed by atoms with Gasteiger partial charge in [0, 0.05) is 16.3 Å². The van der Waals surface area contributed by atoms with Crippen LogP contribution in [0.15, 0.2) is 57.1 Å². The number of rotatable bonds is 1. The number of hydrogen-bond donors (Lipinski definition) is 0. The van der Waals surface area contributed by atoms with Crippen LogP contribution in [0.2, 0.25) is 0 Å². The molecule has 0 spiro atoms. The average molecular weight is 228 g/mol. The third-order valence-electron chi connectivity index (χ3n) is 2.43. The molecule has 2 aromatic heterocycles. The van der Waals surface area contributed by atoms with E-state index < -0.39 is 0 Å². The molecule has 0 amide bonds. The number of fused-ring (bicyclic) bond motifs is 1. The molecule has 0 aliphatic carbocycles. The van der Waals surface area contributed by atoms with Gasteiger partial charge in [0.1, 0.15) is 5.58 Å². The maximum absolute atomic E-state index is 11.0. The molecule has 1 aromatic carbocycles. The van der Waals surface area contributed by atoms with E-state index in [2.05, 4.69) is 6.07 Å². The van der Waals surface area contributed by atoms with Gasteiger partial charge < -0.3 is 4.42 Å². The summed E-state index contributed by atoms with van der Waals surface area (Å²) >= 11 is 1.70. The van der Waals surface area contributed by atoms with Crippen LogP contribution in [0.3, 0.4) is 0 Å². The Morgan fingerprint density at radius 2 is 2.00 bits per heavy atom. The molecule has 0 radical (unpaired) electrons. The Labute approximate surface area is 95.8 Å². The summed E-state index contributed by atoms with van der Waals surface area (Å²) in [5.74, 6) is 0. The molecule has 0 aliphatic heterocycles. The first-order chi connectivity index (χ1) is 7.83. The minimum atomic E-state index is -0.309. The number of benzene rings is 1. The van der Waals surface area contributed by atoms with Crippen LogP contribution in [0, 0.1) is 0 Å². The lowest BCUT2D eigenvalue weighted by molar-refractivity contribution is 0.561. The highest BCUT2D eigenvalue weighted by Crippen LogP contribution is 2.27. The Kier molecular flexibility index (Phi) is 2.11. The van der Waals surface area contributed by atoms with Gasteiger partial charge in [0.25, 0.3) is 0 Å². The Morgan fingerprint density at radius 1 is 1.06 bits per heavy atom. The summed E-state index contributed by atoms with van der Waals surface area (Å²) in [6.45, 7) is 0. The van der Waals surface area contributed by atoms with E-state index in [0.717, 1.165) is 10.9 Å². The van der Waals surface area contributed by atoms with Crippen LogP contribution in [0.25, 0.3) is 21.4 Å². The van der Waals surface area contributed by atoms with Gasteiger partial charge in [-0.2, -0.15) is 0 Å². The first kappa shape index (κ1) is 9.36. The lowest BCUT2D eigenvalue weighted by atomic mass is 10.1. The third kappa shape index (κ3) is 1.55. The first-order valence-corrected chi connectivity index (χ1v) is 5.79. The molecule has 2 heterocycles. The second-order valence-corrected chi connectivity index (χ2v) is 4.43. The average Bonchev–Trinajstić information content (AvgIpc) is 2.82. The third-order valence-corrected chi connectivity index (χ3v) is 3.34. The molecule has 0 bridgehead atoms. The SMILES string of the molecule is O=c1ccc2cc(-c3cccs3)ccc2o1. The zero-order valence-electron chi connectivity index (χ0n) is 8.34. The van der Waals surface area contributed by atoms with E-state index in [0.29, 0.717) is 5.58 Å². The molecular weight excluding hydrogens is 220 g/mol. The van der Waals surface area contributed by atoms with E-state index in [-0.39, 0.29) is 5.63 Å². The van der Waals surface area contributed by atoms with Crippen molar-refractivity contribution in [1.82, 2.24) is 0 Å². The van der Waals surface area contributed by atoms with Gasteiger partial charge in [-0.05, 0) is 41.3 Å². The fourth-order valence-corrected chi connectivity index (χ4v) is 2.39. The van der Waals surface area contributed by atoms with Gasteiger partial charge in [0.15, 0.2) is 0 Å². The molecule has 0 unspecified atom stereocenters. The van der Waals surface area contributed by atoms with Crippen molar-refractivity contribution in [3.8, 4) is 10.4 Å². The molecule has 78 valence electrons. The predicted octanol–water partition coefficient (Wildman–Crippen LogP) is 3.52. The van der Waals surface area contributed by atoms with Crippen molar-refractivity contribution in [2.75, 3.05) is 0 Å². The largest absolute Gasteiger partial charge is 0.423 e. The van der Waals surface area contributed by atoms with Crippen LogP contribution >= 0.6 is 11.3 Å². The van der Waals surface area contributed by atoms with Crippen molar-refractivity contribution in [3.63, 3.8) is 0 Å². The lowest BCUT2D eigenvalue weighted by Gasteiger charge is -1.99. The van der Waals surface area contributed by atoms with E-state index in [1.54, 1.807) is 17.4 Å². The Balaban J connectivity index is 2.24. The fourth-order valence-electron chi connectivity index (χ4n) is 1.67. The summed E-state index contributed by atoms with van der Waals surface area (Å²) in [4.78, 5) is 12.2. The molecule has 2 nitrogen and oxygen atoms in total. The van der Waals surface area contributed by atoms with Gasteiger partial charge >= 0.3 is 5.63 Å². The maximum Gasteiger partial charge on any atom is 0.336 e. The maximum atomic E-state index is 11.0. The van der Waals surface area contributed by atoms with Gasteiger partial charge in [-0.1, -0.05) is 6.07 Å². The van der Waals surface area contributed by atoms with E-state index in [4.69, 9.17) is 4.42 Å². The molecular formula is C13H8O2S. The molecule has 0 fully saturated rings. The summed E-state index contributed by atoms with van der Waals surface area (Å²) in [6, 6.07) is 13.2. The molecule has 0 atom stereocenters. The normalized spacial score (nSPS) is 10.8. The van der Waals surface area contributed by atoms with E-state index in [1.807, 2.05) is 29.6 Å². The Bertz CT molecular complexity index is 680. The fraction of sp³-hybridized carbons (Fsp3) is 0. The summed E-state index contributed by atoms with van der Waals surface area (Å²) in [5, 5.41) is 3.00. The minimum Gasteiger partial charge on any atom is -0.423 e. The lowest BCUT2D eigenvalue weighted by Crippen LogP contribution is -1.93. The quantitative estimate of drug-likeness (QED) is 0.596. The van der Waals surface area contributed by atoms with E-state index in [9.17, 15) is 4.79 Å². The highest BCUT2D eigenvalue weighted by Gasteiger charge is 2.01. The molecule has 0 N–H and O–H groups in total. The second kappa shape index (κ2) is 3.61. The van der Waals surface area contributed by atoms with Gasteiger partial charge in [0.2, 0.25) is 0 Å². The van der Waals surface area contributed by atoms with Crippen molar-refractivity contribution < 1.29 is 4.42 Å². The van der Waals surface area contributed by atoms with E-state index >= 15 is 0 Å². The van der Waals surface area contributed by atoms with Gasteiger partial charge in [0.05, 0.1) is 0 Å². The zero-order chi connectivity index (χ0) is 11.0. The molecule has 3 aromatic rings. The Morgan fingerprint density at radius 3 is 2.81 bits per heavy atom. The first-order valence-electron chi connectivity index (χ1n) is 4.91. The molecule has 0 saturated carbocycles. The molecule has 16 heavy (non-hydrogen) atoms. The topological polar surface area (TPSA) is 30.2 Å². The zero-order valence-corrected chi connectivity index (χ0v) is 9.16. The van der Waals surface area contributed by atoms with Crippen LogP contribution in [0.4, 0.5) is 0 Å². The summed E-state index contributed by atoms with van der Waals surface area (Å²) < 4.78 is 5.08. The molecule has 0 saturated heterocycles. The van der Waals surface area contributed by atoms with Crippen LogP contribution in [-0.4, -0.2) is 0 Å². The van der Waals surface area contributed by atoms with Crippen LogP contribution < -0.4 is 5.63 Å². The van der Waals surface area contributed by atoms with Crippen molar-refractivity contribution >= 4 is 22.3 Å². The van der Waals surface area contributed by atoms with E-state index in [1.165, 1.54) is 10.9 Å². The summed E-state index contributed by atoms with van der Waals surface area (Å²) in [5.41, 5.74) is 1.47. The van der Waals surface area contributed by atoms with Crippen molar-refractivity contribution in [3.05, 3.63) is 58.3 Å². The molecule has 3 rings (SSSR count). The van der Waals surface area contributed by atoms with Crippen molar-refractivity contribution in [2.45, 2.75) is 0 Å².